The summed E-state index contributed by atoms with van der Waals surface area (Å²) in [7, 11) is 3.46. The van der Waals surface area contributed by atoms with E-state index in [9.17, 15) is 0 Å². The van der Waals surface area contributed by atoms with Crippen LogP contribution >= 0.6 is 23.2 Å². The molecule has 0 radical (unpaired) electrons. The van der Waals surface area contributed by atoms with Gasteiger partial charge in [-0.1, -0.05) is 39.7 Å². The molecule has 1 unspecified atom stereocenters. The van der Waals surface area contributed by atoms with Crippen LogP contribution in [-0.4, -0.2) is 58.5 Å². The van der Waals surface area contributed by atoms with Gasteiger partial charge in [0.1, 0.15) is 0 Å². The first-order valence-electron chi connectivity index (χ1n) is 10.9. The first kappa shape index (κ1) is 24.0. The number of methoxy groups -OCH3 is 1. The standard InChI is InChI=1S/C23H20Cl2FN9O/c1-33-20(11-28-31-33)15-10-29-34(12-15)18(7-8-36-2)17-5-3-14(9-27-17)22-19(6-4-16(24)23(22)26)35-13-21(25)30-32-35/h3-6,9-13,18H,7-8H2,1-2H3. The molecule has 0 saturated heterocycles. The Morgan fingerprint density at radius 3 is 2.56 bits per heavy atom. The van der Waals surface area contributed by atoms with Gasteiger partial charge in [-0.05, 0) is 24.6 Å². The van der Waals surface area contributed by atoms with E-state index in [0.717, 1.165) is 17.0 Å². The number of nitrogens with zero attached hydrogens (tertiary/aromatic N) is 9. The molecule has 0 aliphatic heterocycles. The average Bonchev–Trinajstić information content (AvgIpc) is 3.63. The molecule has 0 amide bonds. The van der Waals surface area contributed by atoms with E-state index in [1.54, 1.807) is 42.5 Å². The van der Waals surface area contributed by atoms with Gasteiger partial charge in [0.05, 0.1) is 46.7 Å². The number of ether oxygens (including phenoxy) is 1. The summed E-state index contributed by atoms with van der Waals surface area (Å²) in [6, 6.07) is 6.52. The Morgan fingerprint density at radius 2 is 1.89 bits per heavy atom. The lowest BCUT2D eigenvalue weighted by Crippen LogP contribution is -2.15. The largest absolute Gasteiger partial charge is 0.385 e. The van der Waals surface area contributed by atoms with Gasteiger partial charge < -0.3 is 4.74 Å². The third kappa shape index (κ3) is 4.60. The molecule has 0 N–H and O–H groups in total. The highest BCUT2D eigenvalue weighted by atomic mass is 35.5. The van der Waals surface area contributed by atoms with Crippen LogP contribution in [0.4, 0.5) is 4.39 Å². The topological polar surface area (TPSA) is 101 Å². The van der Waals surface area contributed by atoms with Crippen molar-refractivity contribution in [3.05, 3.63) is 76.9 Å². The Kier molecular flexibility index (Phi) is 6.77. The molecule has 0 fully saturated rings. The van der Waals surface area contributed by atoms with Crippen molar-refractivity contribution in [2.24, 2.45) is 7.05 Å². The second kappa shape index (κ2) is 10.1. The van der Waals surface area contributed by atoms with Crippen LogP contribution in [0, 0.1) is 5.82 Å². The van der Waals surface area contributed by atoms with Crippen molar-refractivity contribution >= 4 is 23.2 Å². The third-order valence-corrected chi connectivity index (χ3v) is 6.19. The van der Waals surface area contributed by atoms with Gasteiger partial charge in [0.25, 0.3) is 0 Å². The first-order valence-corrected chi connectivity index (χ1v) is 11.6. The molecule has 4 aromatic heterocycles. The highest BCUT2D eigenvalue weighted by molar-refractivity contribution is 6.31. The van der Waals surface area contributed by atoms with Gasteiger partial charge in [0.15, 0.2) is 11.0 Å². The van der Waals surface area contributed by atoms with Gasteiger partial charge in [-0.25, -0.2) is 13.8 Å². The maximum Gasteiger partial charge on any atom is 0.171 e. The summed E-state index contributed by atoms with van der Waals surface area (Å²) in [5.41, 5.74) is 3.64. The molecule has 0 aliphatic carbocycles. The van der Waals surface area contributed by atoms with E-state index in [1.165, 1.54) is 16.9 Å². The van der Waals surface area contributed by atoms with Crippen LogP contribution < -0.4 is 0 Å². The number of aromatic nitrogens is 9. The molecular weight excluding hydrogens is 508 g/mol. The van der Waals surface area contributed by atoms with Crippen molar-refractivity contribution in [2.45, 2.75) is 12.5 Å². The van der Waals surface area contributed by atoms with Crippen LogP contribution in [0.25, 0.3) is 28.1 Å². The highest BCUT2D eigenvalue weighted by Crippen LogP contribution is 2.34. The van der Waals surface area contributed by atoms with E-state index in [1.807, 2.05) is 24.0 Å². The maximum atomic E-state index is 15.2. The van der Waals surface area contributed by atoms with Crippen LogP contribution in [0.5, 0.6) is 0 Å². The fraction of sp³-hybridized carbons (Fsp3) is 0.217. The lowest BCUT2D eigenvalue weighted by atomic mass is 10.0. The molecule has 5 aromatic rings. The Morgan fingerprint density at radius 1 is 1.03 bits per heavy atom. The second-order valence-corrected chi connectivity index (χ2v) is 8.76. The maximum absolute atomic E-state index is 15.2. The summed E-state index contributed by atoms with van der Waals surface area (Å²) in [5.74, 6) is -0.590. The molecule has 0 bridgehead atoms. The molecule has 1 aromatic carbocycles. The molecule has 36 heavy (non-hydrogen) atoms. The van der Waals surface area contributed by atoms with E-state index in [-0.39, 0.29) is 21.8 Å². The fourth-order valence-electron chi connectivity index (χ4n) is 3.95. The first-order chi connectivity index (χ1) is 17.5. The molecule has 0 saturated carbocycles. The van der Waals surface area contributed by atoms with Crippen LogP contribution in [0.2, 0.25) is 10.2 Å². The van der Waals surface area contributed by atoms with E-state index >= 15 is 4.39 Å². The van der Waals surface area contributed by atoms with Crippen LogP contribution in [0.1, 0.15) is 18.2 Å². The molecule has 0 spiro atoms. The molecule has 1 atom stereocenters. The number of aryl methyl sites for hydroxylation is 1. The predicted molar refractivity (Wildman–Crippen MR) is 131 cm³/mol. The van der Waals surface area contributed by atoms with Gasteiger partial charge in [0, 0.05) is 49.8 Å². The number of halogens is 3. The van der Waals surface area contributed by atoms with Crippen molar-refractivity contribution in [3.8, 4) is 28.1 Å². The summed E-state index contributed by atoms with van der Waals surface area (Å²) in [6.07, 6.45) is 9.06. The minimum atomic E-state index is -0.590. The zero-order valence-corrected chi connectivity index (χ0v) is 20.8. The smallest absolute Gasteiger partial charge is 0.171 e. The third-order valence-electron chi connectivity index (χ3n) is 5.73. The fourth-order valence-corrected chi connectivity index (χ4v) is 4.24. The summed E-state index contributed by atoms with van der Waals surface area (Å²) in [6.45, 7) is 0.497. The van der Waals surface area contributed by atoms with Gasteiger partial charge >= 0.3 is 0 Å². The van der Waals surface area contributed by atoms with Gasteiger partial charge in [-0.2, -0.15) is 5.10 Å². The zero-order valence-electron chi connectivity index (χ0n) is 19.3. The van der Waals surface area contributed by atoms with Crippen molar-refractivity contribution in [3.63, 3.8) is 0 Å². The van der Waals surface area contributed by atoms with E-state index in [2.05, 4.69) is 30.7 Å². The number of rotatable bonds is 8. The molecule has 13 heteroatoms. The Bertz CT molecular complexity index is 1500. The van der Waals surface area contributed by atoms with Gasteiger partial charge in [0.2, 0.25) is 0 Å². The normalized spacial score (nSPS) is 12.2. The van der Waals surface area contributed by atoms with Crippen molar-refractivity contribution in [1.82, 2.24) is 44.8 Å². The van der Waals surface area contributed by atoms with Crippen LogP contribution in [-0.2, 0) is 11.8 Å². The van der Waals surface area contributed by atoms with E-state index < -0.39 is 5.82 Å². The number of hydrogen-bond donors (Lipinski definition) is 0. The van der Waals surface area contributed by atoms with Crippen molar-refractivity contribution in [1.29, 1.82) is 0 Å². The number of pyridine rings is 1. The average molecular weight is 528 g/mol. The van der Waals surface area contributed by atoms with Gasteiger partial charge in [-0.3, -0.25) is 9.67 Å². The monoisotopic (exact) mass is 527 g/mol. The van der Waals surface area contributed by atoms with E-state index in [4.69, 9.17) is 27.9 Å². The minimum absolute atomic E-state index is 0.0178. The SMILES string of the molecule is COCCC(c1ccc(-c2c(-n3cc(Cl)nn3)ccc(Cl)c2F)cn1)n1cc(-c2cnnn2C)cn1. The zero-order chi connectivity index (χ0) is 25.2. The molecule has 0 aliphatic rings. The van der Waals surface area contributed by atoms with Crippen molar-refractivity contribution in [2.75, 3.05) is 13.7 Å². The molecular formula is C23H20Cl2FN9O. The quantitative estimate of drug-likeness (QED) is 0.294. The number of hydrogen-bond acceptors (Lipinski definition) is 7. The second-order valence-electron chi connectivity index (χ2n) is 7.96. The van der Waals surface area contributed by atoms with Gasteiger partial charge in [-0.15, -0.1) is 10.2 Å². The lowest BCUT2D eigenvalue weighted by molar-refractivity contribution is 0.181. The Hall–Kier alpha value is -3.67. The van der Waals surface area contributed by atoms with Crippen molar-refractivity contribution < 1.29 is 9.13 Å². The Balaban J connectivity index is 1.52. The summed E-state index contributed by atoms with van der Waals surface area (Å²) in [4.78, 5) is 4.66. The predicted octanol–water partition coefficient (Wildman–Crippen LogP) is 4.39. The lowest BCUT2D eigenvalue weighted by Gasteiger charge is -2.18. The summed E-state index contributed by atoms with van der Waals surface area (Å²) < 4.78 is 25.4. The Labute approximate surface area is 215 Å². The summed E-state index contributed by atoms with van der Waals surface area (Å²) in [5, 5.41) is 20.4. The summed E-state index contributed by atoms with van der Waals surface area (Å²) >= 11 is 12.0. The van der Waals surface area contributed by atoms with Crippen LogP contribution in [0.3, 0.4) is 0 Å². The molecule has 184 valence electrons. The molecule has 10 nitrogen and oxygen atoms in total. The number of benzene rings is 1. The van der Waals surface area contributed by atoms with E-state index in [0.29, 0.717) is 24.3 Å². The molecule has 4 heterocycles. The molecule has 5 rings (SSSR count). The minimum Gasteiger partial charge on any atom is -0.385 e. The van der Waals surface area contributed by atoms with Crippen LogP contribution in [0.15, 0.2) is 55.2 Å². The highest BCUT2D eigenvalue weighted by Gasteiger charge is 2.21.